The highest BCUT2D eigenvalue weighted by Crippen LogP contribution is 2.65. The van der Waals surface area contributed by atoms with Crippen LogP contribution in [0, 0.1) is 5.92 Å². The van der Waals surface area contributed by atoms with Gasteiger partial charge in [0.25, 0.3) is 0 Å². The molecule has 2 heterocycles. The first-order valence-corrected chi connectivity index (χ1v) is 25.1. The first-order valence-electron chi connectivity index (χ1n) is 24.3. The van der Waals surface area contributed by atoms with Crippen LogP contribution in [0.5, 0.6) is 0 Å². The van der Waals surface area contributed by atoms with Crippen molar-refractivity contribution in [1.82, 2.24) is 9.97 Å². The summed E-state index contributed by atoms with van der Waals surface area (Å²) in [7, 11) is 0. The summed E-state index contributed by atoms with van der Waals surface area (Å²) < 4.78 is 2.50. The molecule has 9 aromatic carbocycles. The number of thiophene rings is 1. The molecule has 0 saturated heterocycles. The van der Waals surface area contributed by atoms with Crippen molar-refractivity contribution in [1.29, 1.82) is 0 Å². The van der Waals surface area contributed by atoms with Crippen LogP contribution in [0.3, 0.4) is 0 Å². The molecule has 0 aliphatic heterocycles. The van der Waals surface area contributed by atoms with Crippen LogP contribution in [0.1, 0.15) is 38.9 Å². The number of rotatable bonds is 5. The third kappa shape index (κ3) is 5.22. The van der Waals surface area contributed by atoms with Gasteiger partial charge in [-0.15, -0.1) is 11.3 Å². The van der Waals surface area contributed by atoms with E-state index in [4.69, 9.17) is 9.97 Å². The van der Waals surface area contributed by atoms with Crippen molar-refractivity contribution in [2.24, 2.45) is 5.92 Å². The standard InChI is InChI=1S/C67H42N2S/c1-2-5-22-42(21-4-1)66(43-23-6-3-7-24-43)57-38-16-11-29-50(57)62-51(32-20-39-58(62)66)59-41-60(52-33-19-31-49-47-28-12-17-40-61(47)70-64(49)52)69-65(68-59)53-34-18-30-48-46-27-10-15-37-56(46)67(63(48)53)54-35-13-8-25-44(54)45-26-9-14-36-55(45)67/h1-42H. The fraction of sp³-hybridized carbons (Fsp3) is 0.0448. The molecule has 0 N–H and O–H groups in total. The average Bonchev–Trinajstić information content (AvgIpc) is 4.07. The summed E-state index contributed by atoms with van der Waals surface area (Å²) in [5.41, 5.74) is 20.5. The van der Waals surface area contributed by atoms with Crippen LogP contribution in [0.25, 0.3) is 87.5 Å². The summed E-state index contributed by atoms with van der Waals surface area (Å²) in [6, 6.07) is 78.8. The Morgan fingerprint density at radius 2 is 0.871 bits per heavy atom. The Morgan fingerprint density at radius 1 is 0.371 bits per heavy atom. The molecule has 1 unspecified atom stereocenters. The number of aromatic nitrogens is 2. The zero-order valence-electron chi connectivity index (χ0n) is 38.1. The fourth-order valence-electron chi connectivity index (χ4n) is 13.1. The Morgan fingerprint density at radius 3 is 1.60 bits per heavy atom. The molecule has 2 aromatic heterocycles. The minimum atomic E-state index is -0.572. The number of benzene rings is 9. The maximum Gasteiger partial charge on any atom is 0.160 e. The zero-order chi connectivity index (χ0) is 46.0. The molecule has 326 valence electrons. The average molecular weight is 907 g/mol. The number of fused-ring (bicyclic) bond motifs is 16. The van der Waals surface area contributed by atoms with Crippen LogP contribution in [0.2, 0.25) is 0 Å². The Kier molecular flexibility index (Phi) is 8.46. The summed E-state index contributed by atoms with van der Waals surface area (Å²) in [4.78, 5) is 11.7. The molecular formula is C67H42N2S. The summed E-state index contributed by atoms with van der Waals surface area (Å²) >= 11 is 1.85. The highest BCUT2D eigenvalue weighted by molar-refractivity contribution is 7.26. The smallest absolute Gasteiger partial charge is 0.160 e. The van der Waals surface area contributed by atoms with Gasteiger partial charge in [0.15, 0.2) is 5.82 Å². The maximum absolute atomic E-state index is 5.88. The first-order chi connectivity index (χ1) is 34.7. The third-order valence-electron chi connectivity index (χ3n) is 15.7. The van der Waals surface area contributed by atoms with E-state index in [9.17, 15) is 0 Å². The molecule has 0 fully saturated rings. The van der Waals surface area contributed by atoms with Crippen molar-refractivity contribution < 1.29 is 0 Å². The van der Waals surface area contributed by atoms with Crippen molar-refractivity contribution in [3.8, 4) is 67.3 Å². The lowest BCUT2D eigenvalue weighted by molar-refractivity contribution is 0.537. The van der Waals surface area contributed by atoms with Crippen LogP contribution < -0.4 is 0 Å². The molecule has 1 spiro atoms. The van der Waals surface area contributed by atoms with Crippen LogP contribution in [0.15, 0.2) is 249 Å². The number of nitrogens with zero attached hydrogens (tertiary/aromatic N) is 2. The van der Waals surface area contributed by atoms with Crippen molar-refractivity contribution in [3.63, 3.8) is 0 Å². The molecule has 4 aliphatic rings. The molecule has 0 radical (unpaired) electrons. The SMILES string of the molecule is C1=CC=CC(C2(c3ccccc3)c3ccccc3-c3c(-c4cc(-c5cccc6c5sc5ccccc56)nc(-c5cccc6c5C5(c7ccccc7-c7ccccc75)c5ccccc5-6)n4)cccc32)C=C1. The lowest BCUT2D eigenvalue weighted by atomic mass is 9.63. The molecule has 2 nitrogen and oxygen atoms in total. The molecule has 15 rings (SSSR count). The second-order valence-electron chi connectivity index (χ2n) is 19.0. The van der Waals surface area contributed by atoms with E-state index < -0.39 is 10.8 Å². The lowest BCUT2D eigenvalue weighted by Gasteiger charge is -2.38. The summed E-state index contributed by atoms with van der Waals surface area (Å²) in [5, 5.41) is 2.51. The molecule has 0 saturated carbocycles. The quantitative estimate of drug-likeness (QED) is 0.172. The van der Waals surface area contributed by atoms with E-state index >= 15 is 0 Å². The Balaban J connectivity index is 1.05. The van der Waals surface area contributed by atoms with Gasteiger partial charge in [-0.25, -0.2) is 9.97 Å². The molecule has 3 heteroatoms. The van der Waals surface area contributed by atoms with E-state index in [2.05, 4.69) is 249 Å². The number of hydrogen-bond donors (Lipinski definition) is 0. The highest BCUT2D eigenvalue weighted by Gasteiger charge is 2.53. The van der Waals surface area contributed by atoms with Gasteiger partial charge in [0.1, 0.15) is 0 Å². The monoisotopic (exact) mass is 906 g/mol. The second-order valence-corrected chi connectivity index (χ2v) is 20.0. The van der Waals surface area contributed by atoms with Crippen molar-refractivity contribution >= 4 is 31.5 Å². The van der Waals surface area contributed by atoms with Gasteiger partial charge in [-0.2, -0.15) is 0 Å². The van der Waals surface area contributed by atoms with Crippen molar-refractivity contribution in [2.45, 2.75) is 10.8 Å². The molecular weight excluding hydrogens is 865 g/mol. The predicted octanol–water partition coefficient (Wildman–Crippen LogP) is 16.8. The third-order valence-corrected chi connectivity index (χ3v) is 17.0. The predicted molar refractivity (Wildman–Crippen MR) is 290 cm³/mol. The Hall–Kier alpha value is -8.50. The van der Waals surface area contributed by atoms with E-state index in [0.29, 0.717) is 0 Å². The number of hydrogen-bond acceptors (Lipinski definition) is 3. The van der Waals surface area contributed by atoms with E-state index in [1.54, 1.807) is 0 Å². The topological polar surface area (TPSA) is 25.8 Å². The van der Waals surface area contributed by atoms with Gasteiger partial charge in [0, 0.05) is 42.8 Å². The summed E-state index contributed by atoms with van der Waals surface area (Å²) in [6.07, 6.45) is 13.5. The Bertz CT molecular complexity index is 4010. The van der Waals surface area contributed by atoms with E-state index in [-0.39, 0.29) is 5.92 Å². The zero-order valence-corrected chi connectivity index (χ0v) is 38.9. The van der Waals surface area contributed by atoms with E-state index in [0.717, 1.165) is 33.9 Å². The Labute approximate surface area is 411 Å². The summed E-state index contributed by atoms with van der Waals surface area (Å²) in [5.74, 6) is 0.766. The number of allylic oxidation sites excluding steroid dienone is 6. The van der Waals surface area contributed by atoms with Gasteiger partial charge in [0.2, 0.25) is 0 Å². The van der Waals surface area contributed by atoms with Crippen molar-refractivity contribution in [3.05, 3.63) is 288 Å². The molecule has 0 amide bonds. The van der Waals surface area contributed by atoms with Crippen LogP contribution in [0.4, 0.5) is 0 Å². The van der Waals surface area contributed by atoms with Gasteiger partial charge < -0.3 is 0 Å². The van der Waals surface area contributed by atoms with Gasteiger partial charge in [0.05, 0.1) is 22.2 Å². The molecule has 4 aliphatic carbocycles. The van der Waals surface area contributed by atoms with Crippen LogP contribution >= 0.6 is 11.3 Å². The minimum Gasteiger partial charge on any atom is -0.228 e. The van der Waals surface area contributed by atoms with E-state index in [1.165, 1.54) is 92.5 Å². The van der Waals surface area contributed by atoms with Gasteiger partial charge in [-0.05, 0) is 84.5 Å². The van der Waals surface area contributed by atoms with E-state index in [1.807, 2.05) is 11.3 Å². The van der Waals surface area contributed by atoms with Crippen LogP contribution in [-0.2, 0) is 10.8 Å². The van der Waals surface area contributed by atoms with Crippen molar-refractivity contribution in [2.75, 3.05) is 0 Å². The molecule has 0 bridgehead atoms. The highest BCUT2D eigenvalue weighted by atomic mass is 32.1. The molecule has 11 aromatic rings. The lowest BCUT2D eigenvalue weighted by Crippen LogP contribution is -2.34. The molecule has 1 atom stereocenters. The minimum absolute atomic E-state index is 0.0477. The molecule has 70 heavy (non-hydrogen) atoms. The van der Waals surface area contributed by atoms with Gasteiger partial charge >= 0.3 is 0 Å². The van der Waals surface area contributed by atoms with Crippen LogP contribution in [-0.4, -0.2) is 9.97 Å². The van der Waals surface area contributed by atoms with Gasteiger partial charge in [-0.1, -0.05) is 237 Å². The largest absolute Gasteiger partial charge is 0.228 e. The maximum atomic E-state index is 5.88. The normalized spacial score (nSPS) is 16.5. The first kappa shape index (κ1) is 39.5. The second kappa shape index (κ2) is 15.0. The van der Waals surface area contributed by atoms with Gasteiger partial charge in [-0.3, -0.25) is 0 Å². The fourth-order valence-corrected chi connectivity index (χ4v) is 14.3. The summed E-state index contributed by atoms with van der Waals surface area (Å²) in [6.45, 7) is 0.